The van der Waals surface area contributed by atoms with E-state index >= 15 is 0 Å². The van der Waals surface area contributed by atoms with Gasteiger partial charge in [0.05, 0.1) is 17.6 Å². The maximum atomic E-state index is 12.6. The van der Waals surface area contributed by atoms with Crippen LogP contribution in [0.2, 0.25) is 0 Å². The van der Waals surface area contributed by atoms with Crippen LogP contribution < -0.4 is 16.8 Å². The van der Waals surface area contributed by atoms with Crippen LogP contribution >= 0.6 is 0 Å². The monoisotopic (exact) mass is 457 g/mol. The number of nitrogens with one attached hydrogen (secondary N) is 1. The van der Waals surface area contributed by atoms with E-state index in [4.69, 9.17) is 11.5 Å². The smallest absolute Gasteiger partial charge is 0.244 e. The second-order valence-electron chi connectivity index (χ2n) is 8.87. The number of nitrogens with zero attached hydrogens (tertiary/aromatic N) is 6. The van der Waals surface area contributed by atoms with Crippen LogP contribution in [0, 0.1) is 6.92 Å². The first-order chi connectivity index (χ1) is 16.3. The number of nitrogen functional groups attached to an aromatic ring is 2. The highest BCUT2D eigenvalue weighted by Gasteiger charge is 2.24. The van der Waals surface area contributed by atoms with Crippen LogP contribution in [0.4, 0.5) is 23.0 Å². The van der Waals surface area contributed by atoms with Gasteiger partial charge in [0.25, 0.3) is 0 Å². The van der Waals surface area contributed by atoms with Crippen molar-refractivity contribution in [3.63, 3.8) is 0 Å². The van der Waals surface area contributed by atoms with Gasteiger partial charge >= 0.3 is 0 Å². The summed E-state index contributed by atoms with van der Waals surface area (Å²) in [6.07, 6.45) is 4.16. The minimum Gasteiger partial charge on any atom is -0.397 e. The normalized spacial score (nSPS) is 13.9. The second kappa shape index (κ2) is 8.29. The van der Waals surface area contributed by atoms with Gasteiger partial charge in [-0.15, -0.1) is 10.2 Å². The van der Waals surface area contributed by atoms with Gasteiger partial charge in [0.1, 0.15) is 12.1 Å². The summed E-state index contributed by atoms with van der Waals surface area (Å²) >= 11 is 0. The average molecular weight is 458 g/mol. The zero-order valence-corrected chi connectivity index (χ0v) is 19.4. The molecule has 0 unspecified atom stereocenters. The topological polar surface area (TPSA) is 141 Å². The third-order valence-corrected chi connectivity index (χ3v) is 6.24. The van der Waals surface area contributed by atoms with Gasteiger partial charge in [0.15, 0.2) is 11.6 Å². The molecule has 1 aliphatic rings. The zero-order valence-electron chi connectivity index (χ0n) is 19.4. The first-order valence-electron chi connectivity index (χ1n) is 11.2. The lowest BCUT2D eigenvalue weighted by atomic mass is 9.99. The van der Waals surface area contributed by atoms with E-state index in [0.29, 0.717) is 35.1 Å². The van der Waals surface area contributed by atoms with Crippen LogP contribution in [0.25, 0.3) is 22.0 Å². The minimum atomic E-state index is 0.0724. The van der Waals surface area contributed by atoms with Gasteiger partial charge in [-0.2, -0.15) is 5.10 Å². The fraction of sp³-hybridized carbons (Fsp3) is 0.292. The fourth-order valence-corrected chi connectivity index (χ4v) is 4.35. The Morgan fingerprint density at radius 2 is 1.85 bits per heavy atom. The molecule has 0 fully saturated rings. The Labute approximate surface area is 197 Å². The summed E-state index contributed by atoms with van der Waals surface area (Å²) in [7, 11) is 0. The van der Waals surface area contributed by atoms with Gasteiger partial charge in [-0.05, 0) is 50.1 Å². The molecule has 0 radical (unpaired) electrons. The molecular weight excluding hydrogens is 430 g/mol. The quantitative estimate of drug-likeness (QED) is 0.397. The summed E-state index contributed by atoms with van der Waals surface area (Å²) < 4.78 is 1.76. The highest BCUT2D eigenvalue weighted by molar-refractivity contribution is 5.95. The number of hydrogen-bond donors (Lipinski definition) is 3. The molecule has 4 heterocycles. The first-order valence-corrected chi connectivity index (χ1v) is 11.2. The number of hydrogen-bond acceptors (Lipinski definition) is 8. The molecule has 1 aromatic carbocycles. The molecule has 1 aliphatic heterocycles. The van der Waals surface area contributed by atoms with Gasteiger partial charge in [-0.25, -0.2) is 0 Å². The van der Waals surface area contributed by atoms with Gasteiger partial charge < -0.3 is 21.7 Å². The molecule has 0 bridgehead atoms. The Bertz CT molecular complexity index is 1410. The predicted molar refractivity (Wildman–Crippen MR) is 132 cm³/mol. The molecule has 34 heavy (non-hydrogen) atoms. The van der Waals surface area contributed by atoms with Gasteiger partial charge in [0.2, 0.25) is 5.91 Å². The van der Waals surface area contributed by atoms with Crippen molar-refractivity contribution in [1.29, 1.82) is 0 Å². The number of fused-ring (bicyclic) bond motifs is 2. The summed E-state index contributed by atoms with van der Waals surface area (Å²) in [5, 5.41) is 17.2. The van der Waals surface area contributed by atoms with Crippen molar-refractivity contribution in [3.8, 4) is 11.1 Å². The number of rotatable bonds is 4. The molecule has 0 atom stereocenters. The van der Waals surface area contributed by atoms with E-state index in [-0.39, 0.29) is 18.5 Å². The molecule has 10 heteroatoms. The van der Waals surface area contributed by atoms with Crippen molar-refractivity contribution in [1.82, 2.24) is 29.9 Å². The number of amides is 1. The van der Waals surface area contributed by atoms with Crippen molar-refractivity contribution in [2.24, 2.45) is 0 Å². The zero-order chi connectivity index (χ0) is 24.0. The van der Waals surface area contributed by atoms with Gasteiger partial charge in [-0.1, -0.05) is 0 Å². The molecule has 10 nitrogen and oxygen atoms in total. The molecule has 1 amide bonds. The Kier molecular flexibility index (Phi) is 5.27. The van der Waals surface area contributed by atoms with Crippen molar-refractivity contribution in [2.75, 3.05) is 23.3 Å². The summed E-state index contributed by atoms with van der Waals surface area (Å²) in [6.45, 7) is 6.92. The molecule has 5 rings (SSSR count). The molecule has 0 spiro atoms. The van der Waals surface area contributed by atoms with E-state index < -0.39 is 0 Å². The first kappa shape index (κ1) is 21.6. The van der Waals surface area contributed by atoms with Gasteiger partial charge in [-0.3, -0.25) is 14.5 Å². The SMILES string of the molecule is Cc1c(N)cncc1-c1cc(N)c2nnc(Nc3cc4n(n3)CC(=O)N(C(C)C)CC4)cc2c1. The number of pyridine rings is 1. The molecule has 4 aromatic rings. The van der Waals surface area contributed by atoms with Crippen LogP contribution in [-0.2, 0) is 17.8 Å². The highest BCUT2D eigenvalue weighted by atomic mass is 16.2. The van der Waals surface area contributed by atoms with Crippen LogP contribution in [0.5, 0.6) is 0 Å². The summed E-state index contributed by atoms with van der Waals surface area (Å²) in [4.78, 5) is 18.7. The Morgan fingerprint density at radius 3 is 2.65 bits per heavy atom. The van der Waals surface area contributed by atoms with Crippen molar-refractivity contribution < 1.29 is 4.79 Å². The third kappa shape index (κ3) is 3.87. The fourth-order valence-electron chi connectivity index (χ4n) is 4.35. The van der Waals surface area contributed by atoms with Gasteiger partial charge in [0, 0.05) is 47.9 Å². The lowest BCUT2D eigenvalue weighted by Crippen LogP contribution is -2.38. The van der Waals surface area contributed by atoms with Crippen molar-refractivity contribution in [3.05, 3.63) is 47.9 Å². The number of anilines is 4. The number of carbonyl (C=O) groups is 1. The maximum absolute atomic E-state index is 12.6. The molecule has 0 saturated heterocycles. The summed E-state index contributed by atoms with van der Waals surface area (Å²) in [5.74, 6) is 1.23. The summed E-state index contributed by atoms with van der Waals surface area (Å²) in [6, 6.07) is 7.86. The largest absolute Gasteiger partial charge is 0.397 e. The van der Waals surface area contributed by atoms with E-state index in [1.807, 2.05) is 49.9 Å². The third-order valence-electron chi connectivity index (χ3n) is 6.24. The lowest BCUT2D eigenvalue weighted by molar-refractivity contribution is -0.133. The maximum Gasteiger partial charge on any atom is 0.244 e. The Morgan fingerprint density at radius 1 is 1.03 bits per heavy atom. The Balaban J connectivity index is 1.45. The standard InChI is InChI=1S/C24H27N9O/c1-13(2)32-5-4-17-9-22(31-33(17)12-23(32)34)28-21-8-16-6-15(7-19(25)24(16)30-29-21)18-10-27-11-20(26)14(18)3/h6-11,13H,4-5,12,25-26H2,1-3H3,(H,28,29,31). The highest BCUT2D eigenvalue weighted by Crippen LogP contribution is 2.32. The van der Waals surface area contributed by atoms with Crippen molar-refractivity contribution >= 4 is 39.8 Å². The molecule has 0 aliphatic carbocycles. The molecule has 0 saturated carbocycles. The van der Waals surface area contributed by atoms with Crippen molar-refractivity contribution in [2.45, 2.75) is 39.8 Å². The molecular formula is C24H27N9O. The average Bonchev–Trinajstić information content (AvgIpc) is 3.08. The van der Waals surface area contributed by atoms with Crippen LogP contribution in [0.15, 0.2) is 36.7 Å². The van der Waals surface area contributed by atoms with Crippen LogP contribution in [-0.4, -0.2) is 48.4 Å². The number of carbonyl (C=O) groups excluding carboxylic acids is 1. The van der Waals surface area contributed by atoms with Crippen LogP contribution in [0.3, 0.4) is 0 Å². The van der Waals surface area contributed by atoms with Crippen LogP contribution in [0.1, 0.15) is 25.1 Å². The predicted octanol–water partition coefficient (Wildman–Crippen LogP) is 2.90. The van der Waals surface area contributed by atoms with E-state index in [9.17, 15) is 4.79 Å². The second-order valence-corrected chi connectivity index (χ2v) is 8.87. The minimum absolute atomic E-state index is 0.0724. The number of benzene rings is 1. The summed E-state index contributed by atoms with van der Waals surface area (Å²) in [5.41, 5.74) is 17.9. The van der Waals surface area contributed by atoms with E-state index in [2.05, 4.69) is 25.6 Å². The Hall–Kier alpha value is -4.21. The number of nitrogens with two attached hydrogens (primary N) is 2. The van der Waals surface area contributed by atoms with E-state index in [1.54, 1.807) is 17.1 Å². The number of aromatic nitrogens is 5. The van der Waals surface area contributed by atoms with E-state index in [0.717, 1.165) is 34.2 Å². The molecule has 5 N–H and O–H groups in total. The van der Waals surface area contributed by atoms with E-state index in [1.165, 1.54) is 0 Å². The molecule has 174 valence electrons. The lowest BCUT2D eigenvalue weighted by Gasteiger charge is -2.24. The molecule has 3 aromatic heterocycles.